The zero-order chi connectivity index (χ0) is 14.7. The lowest BCUT2D eigenvalue weighted by Crippen LogP contribution is -2.22. The molecule has 0 aliphatic carbocycles. The second-order valence-corrected chi connectivity index (χ2v) is 5.19. The van der Waals surface area contributed by atoms with Gasteiger partial charge in [0, 0.05) is 5.69 Å². The fourth-order valence-electron chi connectivity index (χ4n) is 2.29. The largest absolute Gasteiger partial charge is 0.497 e. The Labute approximate surface area is 124 Å². The number of aromatic nitrogens is 3. The number of methoxy groups -OCH3 is 1. The molecule has 2 rings (SSSR count). The summed E-state index contributed by atoms with van der Waals surface area (Å²) in [6.07, 6.45) is 0.961. The molecule has 1 aromatic carbocycles. The summed E-state index contributed by atoms with van der Waals surface area (Å²) in [4.78, 5) is 2.14. The van der Waals surface area contributed by atoms with E-state index >= 15 is 0 Å². The minimum absolute atomic E-state index is 0.213. The lowest BCUT2D eigenvalue weighted by atomic mass is 10.2. The van der Waals surface area contributed by atoms with Crippen molar-refractivity contribution in [3.8, 4) is 11.4 Å². The van der Waals surface area contributed by atoms with Gasteiger partial charge in [-0.2, -0.15) is 5.10 Å². The molecule has 20 heavy (non-hydrogen) atoms. The number of rotatable bonds is 5. The van der Waals surface area contributed by atoms with Crippen LogP contribution in [-0.2, 0) is 0 Å². The Hall–Kier alpha value is -1.66. The molecule has 0 radical (unpaired) electrons. The molecule has 0 aliphatic rings. The first-order valence-corrected chi connectivity index (χ1v) is 6.97. The molecular formula is C14H20N4OS. The van der Waals surface area contributed by atoms with Crippen molar-refractivity contribution in [2.45, 2.75) is 19.4 Å². The molecule has 1 unspecified atom stereocenters. The summed E-state index contributed by atoms with van der Waals surface area (Å²) >= 11 is 5.36. The minimum atomic E-state index is 0.213. The van der Waals surface area contributed by atoms with Crippen LogP contribution in [0.4, 0.5) is 0 Å². The number of benzene rings is 1. The standard InChI is InChI=1S/C14H20N4OS/c1-5-12(17(2)3)13-15-16-14(20)18(13)10-6-8-11(19-4)9-7-10/h6-9,12H,5H2,1-4H3,(H,16,20). The summed E-state index contributed by atoms with van der Waals surface area (Å²) in [5.41, 5.74) is 0.986. The second kappa shape index (κ2) is 6.19. The van der Waals surface area contributed by atoms with Gasteiger partial charge in [0.1, 0.15) is 5.75 Å². The van der Waals surface area contributed by atoms with Gasteiger partial charge >= 0.3 is 0 Å². The van der Waals surface area contributed by atoms with Gasteiger partial charge in [0.2, 0.25) is 0 Å². The van der Waals surface area contributed by atoms with Gasteiger partial charge in [0.05, 0.1) is 13.2 Å². The van der Waals surface area contributed by atoms with Crippen molar-refractivity contribution in [3.63, 3.8) is 0 Å². The molecule has 1 heterocycles. The molecule has 6 heteroatoms. The number of nitrogens with one attached hydrogen (secondary N) is 1. The van der Waals surface area contributed by atoms with Crippen molar-refractivity contribution in [2.24, 2.45) is 0 Å². The Kier molecular flexibility index (Phi) is 4.57. The van der Waals surface area contributed by atoms with Crippen LogP contribution in [0, 0.1) is 4.77 Å². The zero-order valence-corrected chi connectivity index (χ0v) is 13.1. The van der Waals surface area contributed by atoms with Crippen LogP contribution < -0.4 is 4.74 Å². The second-order valence-electron chi connectivity index (χ2n) is 4.81. The Balaban J connectivity index is 2.50. The number of aromatic amines is 1. The van der Waals surface area contributed by atoms with Gasteiger partial charge < -0.3 is 4.74 Å². The number of nitrogens with zero attached hydrogens (tertiary/aromatic N) is 3. The van der Waals surface area contributed by atoms with Gasteiger partial charge in [-0.25, -0.2) is 0 Å². The number of hydrogen-bond acceptors (Lipinski definition) is 4. The Morgan fingerprint density at radius 1 is 1.35 bits per heavy atom. The normalized spacial score (nSPS) is 12.7. The van der Waals surface area contributed by atoms with E-state index < -0.39 is 0 Å². The van der Waals surface area contributed by atoms with Crippen LogP contribution in [0.2, 0.25) is 0 Å². The van der Waals surface area contributed by atoms with Crippen LogP contribution >= 0.6 is 12.2 Å². The molecule has 108 valence electrons. The Morgan fingerprint density at radius 3 is 2.50 bits per heavy atom. The maximum Gasteiger partial charge on any atom is 0.199 e. The molecule has 0 spiro atoms. The average molecular weight is 292 g/mol. The van der Waals surface area contributed by atoms with Crippen LogP contribution in [0.3, 0.4) is 0 Å². The van der Waals surface area contributed by atoms with Crippen LogP contribution in [0.25, 0.3) is 5.69 Å². The van der Waals surface area contributed by atoms with Gasteiger partial charge in [-0.05, 0) is 57.0 Å². The SMILES string of the molecule is CCC(c1n[nH]c(=S)n1-c1ccc(OC)cc1)N(C)C. The van der Waals surface area contributed by atoms with E-state index in [1.165, 1.54) is 0 Å². The van der Waals surface area contributed by atoms with E-state index in [1.807, 2.05) is 42.9 Å². The minimum Gasteiger partial charge on any atom is -0.497 e. The van der Waals surface area contributed by atoms with Gasteiger partial charge in [-0.15, -0.1) is 0 Å². The molecule has 5 nitrogen and oxygen atoms in total. The maximum absolute atomic E-state index is 5.36. The third kappa shape index (κ3) is 2.76. The van der Waals surface area contributed by atoms with E-state index in [2.05, 4.69) is 22.0 Å². The first-order valence-electron chi connectivity index (χ1n) is 6.56. The summed E-state index contributed by atoms with van der Waals surface area (Å²) in [7, 11) is 5.75. The van der Waals surface area contributed by atoms with Crippen LogP contribution in [0.5, 0.6) is 5.75 Å². The van der Waals surface area contributed by atoms with Crippen molar-refractivity contribution >= 4 is 12.2 Å². The lowest BCUT2D eigenvalue weighted by molar-refractivity contribution is 0.277. The summed E-state index contributed by atoms with van der Waals surface area (Å²) in [5.74, 6) is 1.75. The highest BCUT2D eigenvalue weighted by Gasteiger charge is 2.19. The monoisotopic (exact) mass is 292 g/mol. The van der Waals surface area contributed by atoms with E-state index in [0.717, 1.165) is 23.7 Å². The highest BCUT2D eigenvalue weighted by Crippen LogP contribution is 2.24. The summed E-state index contributed by atoms with van der Waals surface area (Å²) in [5, 5.41) is 7.29. The predicted molar refractivity (Wildman–Crippen MR) is 82.0 cm³/mol. The van der Waals surface area contributed by atoms with Crippen molar-refractivity contribution in [1.82, 2.24) is 19.7 Å². The molecule has 0 aliphatic heterocycles. The third-order valence-electron chi connectivity index (χ3n) is 3.34. The van der Waals surface area contributed by atoms with Gasteiger partial charge in [-0.3, -0.25) is 14.6 Å². The lowest BCUT2D eigenvalue weighted by Gasteiger charge is -2.22. The molecule has 0 amide bonds. The van der Waals surface area contributed by atoms with Crippen molar-refractivity contribution in [2.75, 3.05) is 21.2 Å². The molecule has 0 saturated heterocycles. The van der Waals surface area contributed by atoms with E-state index in [1.54, 1.807) is 7.11 Å². The predicted octanol–water partition coefficient (Wildman–Crippen LogP) is 2.95. The smallest absolute Gasteiger partial charge is 0.199 e. The molecular weight excluding hydrogens is 272 g/mol. The summed E-state index contributed by atoms with van der Waals surface area (Å²) in [6, 6.07) is 8.02. The Bertz CT molecular complexity index is 615. The molecule has 1 atom stereocenters. The first kappa shape index (κ1) is 14.7. The van der Waals surface area contributed by atoms with Crippen molar-refractivity contribution < 1.29 is 4.74 Å². The number of hydrogen-bond donors (Lipinski definition) is 1. The van der Waals surface area contributed by atoms with Crippen LogP contribution in [0.1, 0.15) is 25.2 Å². The summed E-state index contributed by atoms with van der Waals surface area (Å²) < 4.78 is 7.76. The van der Waals surface area contributed by atoms with E-state index in [0.29, 0.717) is 4.77 Å². The van der Waals surface area contributed by atoms with E-state index in [9.17, 15) is 0 Å². The highest BCUT2D eigenvalue weighted by atomic mass is 32.1. The zero-order valence-electron chi connectivity index (χ0n) is 12.3. The summed E-state index contributed by atoms with van der Waals surface area (Å²) in [6.45, 7) is 2.14. The highest BCUT2D eigenvalue weighted by molar-refractivity contribution is 7.71. The van der Waals surface area contributed by atoms with Crippen LogP contribution in [0.15, 0.2) is 24.3 Å². The molecule has 2 aromatic rings. The fourth-order valence-corrected chi connectivity index (χ4v) is 2.54. The van der Waals surface area contributed by atoms with Crippen molar-refractivity contribution in [1.29, 1.82) is 0 Å². The Morgan fingerprint density at radius 2 is 2.00 bits per heavy atom. The molecule has 1 N–H and O–H groups in total. The maximum atomic E-state index is 5.36. The van der Waals surface area contributed by atoms with E-state index in [4.69, 9.17) is 17.0 Å². The van der Waals surface area contributed by atoms with Gasteiger partial charge in [-0.1, -0.05) is 6.92 Å². The molecule has 0 saturated carbocycles. The number of ether oxygens (including phenoxy) is 1. The van der Waals surface area contributed by atoms with Crippen LogP contribution in [-0.4, -0.2) is 40.9 Å². The third-order valence-corrected chi connectivity index (χ3v) is 3.61. The topological polar surface area (TPSA) is 46.1 Å². The van der Waals surface area contributed by atoms with Gasteiger partial charge in [0.25, 0.3) is 0 Å². The van der Waals surface area contributed by atoms with Crippen molar-refractivity contribution in [3.05, 3.63) is 34.9 Å². The number of H-pyrrole nitrogens is 1. The first-order chi connectivity index (χ1) is 9.58. The van der Waals surface area contributed by atoms with Gasteiger partial charge in [0.15, 0.2) is 10.6 Å². The average Bonchev–Trinajstić information content (AvgIpc) is 2.81. The fraction of sp³-hybridized carbons (Fsp3) is 0.429. The molecule has 0 bridgehead atoms. The van der Waals surface area contributed by atoms with E-state index in [-0.39, 0.29) is 6.04 Å². The quantitative estimate of drug-likeness (QED) is 0.861. The molecule has 1 aromatic heterocycles. The molecule has 0 fully saturated rings.